The fourth-order valence-electron chi connectivity index (χ4n) is 3.25. The first kappa shape index (κ1) is 18.8. The van der Waals surface area contributed by atoms with Crippen LogP contribution in [0.1, 0.15) is 34.5 Å². The highest BCUT2D eigenvalue weighted by molar-refractivity contribution is 6.06. The van der Waals surface area contributed by atoms with E-state index in [1.165, 1.54) is 0 Å². The maximum atomic E-state index is 13.0. The van der Waals surface area contributed by atoms with Crippen LogP contribution >= 0.6 is 0 Å². The molecule has 0 aromatic carbocycles. The third kappa shape index (κ3) is 3.78. The Hall–Kier alpha value is -2.93. The van der Waals surface area contributed by atoms with Gasteiger partial charge in [0.2, 0.25) is 0 Å². The van der Waals surface area contributed by atoms with Gasteiger partial charge in [0.05, 0.1) is 17.4 Å². The second kappa shape index (κ2) is 7.36. The van der Waals surface area contributed by atoms with E-state index >= 15 is 0 Å². The zero-order valence-electron chi connectivity index (χ0n) is 16.4. The highest BCUT2D eigenvalue weighted by Gasteiger charge is 2.19. The van der Waals surface area contributed by atoms with Gasteiger partial charge in [0, 0.05) is 25.0 Å². The normalized spacial score (nSPS) is 12.5. The third-order valence-electron chi connectivity index (χ3n) is 4.58. The topological polar surface area (TPSA) is 71.6 Å². The molecule has 0 radical (unpaired) electrons. The van der Waals surface area contributed by atoms with Crippen LogP contribution in [0.3, 0.4) is 0 Å². The first-order chi connectivity index (χ1) is 12.8. The van der Waals surface area contributed by atoms with Gasteiger partial charge < -0.3 is 14.8 Å². The van der Waals surface area contributed by atoms with Crippen LogP contribution in [-0.2, 0) is 0 Å². The number of hydrogen-bond acceptors (Lipinski definition) is 4. The second-order valence-electron chi connectivity index (χ2n) is 7.24. The van der Waals surface area contributed by atoms with Crippen molar-refractivity contribution >= 4 is 17.1 Å². The summed E-state index contributed by atoms with van der Waals surface area (Å²) in [5, 5.41) is 7.09. The fourth-order valence-corrected chi connectivity index (χ4v) is 3.25. The fraction of sp³-hybridized carbons (Fsp3) is 0.350. The zero-order valence-corrected chi connectivity index (χ0v) is 16.4. The van der Waals surface area contributed by atoms with Crippen LogP contribution in [0.5, 0.6) is 0 Å². The Balaban J connectivity index is 1.96. The smallest absolute Gasteiger partial charge is 0.263 e. The van der Waals surface area contributed by atoms with E-state index in [1.54, 1.807) is 28.4 Å². The monoisotopic (exact) mass is 367 g/mol. The van der Waals surface area contributed by atoms with Crippen LogP contribution in [0, 0.1) is 13.8 Å². The third-order valence-corrected chi connectivity index (χ3v) is 4.58. The van der Waals surface area contributed by atoms with Crippen molar-refractivity contribution < 1.29 is 4.79 Å². The minimum Gasteiger partial charge on any atom is -0.319 e. The van der Waals surface area contributed by atoms with Crippen molar-refractivity contribution in [3.63, 3.8) is 0 Å². The minimum absolute atomic E-state index is 0.0423. The number of aromatic nitrogens is 3. The molecule has 27 heavy (non-hydrogen) atoms. The van der Waals surface area contributed by atoms with E-state index in [4.69, 9.17) is 0 Å². The van der Waals surface area contributed by atoms with E-state index in [0.29, 0.717) is 17.8 Å². The first-order valence-electron chi connectivity index (χ1n) is 8.89. The molecule has 0 spiro atoms. The van der Waals surface area contributed by atoms with Gasteiger partial charge in [0.25, 0.3) is 11.5 Å². The lowest BCUT2D eigenvalue weighted by Crippen LogP contribution is -2.34. The molecular weight excluding hydrogens is 342 g/mol. The highest BCUT2D eigenvalue weighted by Crippen LogP contribution is 2.19. The number of aryl methyl sites for hydroxylation is 2. The second-order valence-corrected chi connectivity index (χ2v) is 7.24. The summed E-state index contributed by atoms with van der Waals surface area (Å²) >= 11 is 0. The molecule has 1 atom stereocenters. The number of nitrogens with one attached hydrogen (secondary N) is 1. The molecule has 0 fully saturated rings. The van der Waals surface area contributed by atoms with E-state index in [-0.39, 0.29) is 17.2 Å². The lowest BCUT2D eigenvalue weighted by molar-refractivity contribution is 0.102. The molecule has 142 valence electrons. The molecule has 3 aromatic heterocycles. The molecule has 3 heterocycles. The molecule has 0 aliphatic heterocycles. The summed E-state index contributed by atoms with van der Waals surface area (Å²) in [6.45, 7) is 6.42. The standard InChI is InChI=1S/C20H25N5O2/c1-13-6-9-25-17(10-13)16(11-21-25)22-19(26)18-14(2)7-8-24(20(18)27)15(3)12-23(4)5/h6-11,15H,12H2,1-5H3,(H,22,26). The van der Waals surface area contributed by atoms with E-state index in [2.05, 4.69) is 10.4 Å². The maximum Gasteiger partial charge on any atom is 0.263 e. The molecule has 0 bridgehead atoms. The molecule has 0 saturated carbocycles. The molecule has 7 nitrogen and oxygen atoms in total. The maximum absolute atomic E-state index is 13.0. The number of hydrogen-bond donors (Lipinski definition) is 1. The Labute approximate surface area is 158 Å². The molecular formula is C20H25N5O2. The predicted molar refractivity (Wildman–Crippen MR) is 107 cm³/mol. The van der Waals surface area contributed by atoms with Crippen molar-refractivity contribution in [3.05, 3.63) is 63.8 Å². The van der Waals surface area contributed by atoms with Crippen molar-refractivity contribution in [2.24, 2.45) is 0 Å². The molecule has 3 aromatic rings. The quantitative estimate of drug-likeness (QED) is 0.752. The van der Waals surface area contributed by atoms with Crippen LogP contribution in [-0.4, -0.2) is 45.6 Å². The van der Waals surface area contributed by atoms with Gasteiger partial charge in [0.1, 0.15) is 5.56 Å². The zero-order chi connectivity index (χ0) is 19.7. The minimum atomic E-state index is -0.416. The summed E-state index contributed by atoms with van der Waals surface area (Å²) < 4.78 is 3.31. The van der Waals surface area contributed by atoms with Gasteiger partial charge in [-0.25, -0.2) is 4.52 Å². The summed E-state index contributed by atoms with van der Waals surface area (Å²) in [5.41, 5.74) is 2.97. The number of fused-ring (bicyclic) bond motifs is 1. The molecule has 1 N–H and O–H groups in total. The molecule has 3 rings (SSSR count). The van der Waals surface area contributed by atoms with Crippen molar-refractivity contribution in [3.8, 4) is 0 Å². The number of rotatable bonds is 5. The number of nitrogens with zero attached hydrogens (tertiary/aromatic N) is 4. The average Bonchev–Trinajstić information content (AvgIpc) is 2.96. The Morgan fingerprint density at radius 2 is 2.00 bits per heavy atom. The molecule has 0 aliphatic rings. The van der Waals surface area contributed by atoms with Gasteiger partial charge in [-0.1, -0.05) is 0 Å². The number of amides is 1. The van der Waals surface area contributed by atoms with Crippen molar-refractivity contribution in [2.75, 3.05) is 26.0 Å². The van der Waals surface area contributed by atoms with E-state index in [9.17, 15) is 9.59 Å². The average molecular weight is 367 g/mol. The Kier molecular flexibility index (Phi) is 5.14. The number of likely N-dealkylation sites (N-methyl/N-ethyl adjacent to an activating group) is 1. The highest BCUT2D eigenvalue weighted by atomic mass is 16.2. The molecule has 7 heteroatoms. The largest absolute Gasteiger partial charge is 0.319 e. The van der Waals surface area contributed by atoms with Crippen LogP contribution in [0.4, 0.5) is 5.69 Å². The summed E-state index contributed by atoms with van der Waals surface area (Å²) in [6, 6.07) is 5.65. The van der Waals surface area contributed by atoms with Crippen LogP contribution < -0.4 is 10.9 Å². The van der Waals surface area contributed by atoms with Crippen LogP contribution in [0.15, 0.2) is 41.6 Å². The van der Waals surface area contributed by atoms with Crippen LogP contribution in [0.2, 0.25) is 0 Å². The van der Waals surface area contributed by atoms with Gasteiger partial charge in [0.15, 0.2) is 0 Å². The summed E-state index contributed by atoms with van der Waals surface area (Å²) in [4.78, 5) is 27.9. The number of carbonyl (C=O) groups is 1. The predicted octanol–water partition coefficient (Wildman–Crippen LogP) is 2.49. The number of pyridine rings is 2. The van der Waals surface area contributed by atoms with Crippen LogP contribution in [0.25, 0.3) is 5.52 Å². The van der Waals surface area contributed by atoms with Gasteiger partial charge in [-0.05, 0) is 64.2 Å². The Morgan fingerprint density at radius 3 is 2.70 bits per heavy atom. The van der Waals surface area contributed by atoms with Gasteiger partial charge in [-0.2, -0.15) is 5.10 Å². The van der Waals surface area contributed by atoms with Crippen molar-refractivity contribution in [1.82, 2.24) is 19.1 Å². The number of anilines is 1. The summed E-state index contributed by atoms with van der Waals surface area (Å²) in [5.74, 6) is -0.416. The summed E-state index contributed by atoms with van der Waals surface area (Å²) in [6.07, 6.45) is 5.18. The lowest BCUT2D eigenvalue weighted by atomic mass is 10.1. The lowest BCUT2D eigenvalue weighted by Gasteiger charge is -2.20. The first-order valence-corrected chi connectivity index (χ1v) is 8.89. The van der Waals surface area contributed by atoms with E-state index < -0.39 is 5.91 Å². The number of carbonyl (C=O) groups excluding carboxylic acids is 1. The van der Waals surface area contributed by atoms with Crippen molar-refractivity contribution in [1.29, 1.82) is 0 Å². The van der Waals surface area contributed by atoms with Gasteiger partial charge in [-0.3, -0.25) is 9.59 Å². The molecule has 1 amide bonds. The van der Waals surface area contributed by atoms with Gasteiger partial charge in [-0.15, -0.1) is 0 Å². The summed E-state index contributed by atoms with van der Waals surface area (Å²) in [7, 11) is 3.91. The van der Waals surface area contributed by atoms with E-state index in [0.717, 1.165) is 11.1 Å². The van der Waals surface area contributed by atoms with E-state index in [1.807, 2.05) is 57.2 Å². The Bertz CT molecular complexity index is 1050. The molecule has 1 unspecified atom stereocenters. The van der Waals surface area contributed by atoms with Gasteiger partial charge >= 0.3 is 0 Å². The molecule has 0 saturated heterocycles. The molecule has 0 aliphatic carbocycles. The van der Waals surface area contributed by atoms with Crippen molar-refractivity contribution in [2.45, 2.75) is 26.8 Å². The Morgan fingerprint density at radius 1 is 1.26 bits per heavy atom. The SMILES string of the molecule is Cc1ccn2ncc(NC(=O)c3c(C)ccn(C(C)CN(C)C)c3=O)c2c1.